The normalized spacial score (nSPS) is 30.2. The lowest BCUT2D eigenvalue weighted by Crippen LogP contribution is -2.59. The molecule has 0 aromatic carbocycles. The van der Waals surface area contributed by atoms with Gasteiger partial charge in [0.25, 0.3) is 0 Å². The molecule has 4 unspecified atom stereocenters. The van der Waals surface area contributed by atoms with Crippen LogP contribution in [-0.4, -0.2) is 29.6 Å². The van der Waals surface area contributed by atoms with Crippen molar-refractivity contribution < 1.29 is 0 Å². The van der Waals surface area contributed by atoms with Gasteiger partial charge in [-0.05, 0) is 37.5 Å². The highest BCUT2D eigenvalue weighted by atomic mass is 15.2. The summed E-state index contributed by atoms with van der Waals surface area (Å²) in [6, 6.07) is 1.49. The summed E-state index contributed by atoms with van der Waals surface area (Å²) in [5.41, 5.74) is 6.70. The molecular formula is C16H34N2. The Morgan fingerprint density at radius 3 is 2.28 bits per heavy atom. The average molecular weight is 254 g/mol. The van der Waals surface area contributed by atoms with Crippen molar-refractivity contribution in [2.75, 3.05) is 6.54 Å². The van der Waals surface area contributed by atoms with Gasteiger partial charge in [0.2, 0.25) is 0 Å². The van der Waals surface area contributed by atoms with Crippen molar-refractivity contribution in [3.05, 3.63) is 0 Å². The molecule has 1 aliphatic rings. The molecule has 2 heteroatoms. The van der Waals surface area contributed by atoms with Crippen LogP contribution in [0.4, 0.5) is 0 Å². The number of hydrogen-bond acceptors (Lipinski definition) is 2. The van der Waals surface area contributed by atoms with Crippen LogP contribution in [0.5, 0.6) is 0 Å². The van der Waals surface area contributed by atoms with Crippen LogP contribution >= 0.6 is 0 Å². The van der Waals surface area contributed by atoms with Crippen molar-refractivity contribution in [3.63, 3.8) is 0 Å². The summed E-state index contributed by atoms with van der Waals surface area (Å²) in [6.45, 7) is 15.2. The molecule has 0 saturated carbocycles. The molecule has 0 aromatic rings. The number of piperidine rings is 1. The number of likely N-dealkylation sites (tertiary alicyclic amines) is 1. The summed E-state index contributed by atoms with van der Waals surface area (Å²) < 4.78 is 0. The van der Waals surface area contributed by atoms with Crippen LogP contribution in [0.25, 0.3) is 0 Å². The van der Waals surface area contributed by atoms with Crippen molar-refractivity contribution in [1.29, 1.82) is 0 Å². The second kappa shape index (κ2) is 6.38. The van der Waals surface area contributed by atoms with Crippen molar-refractivity contribution in [3.8, 4) is 0 Å². The quantitative estimate of drug-likeness (QED) is 0.830. The Morgan fingerprint density at radius 1 is 1.22 bits per heavy atom. The van der Waals surface area contributed by atoms with Gasteiger partial charge in [-0.2, -0.15) is 0 Å². The lowest BCUT2D eigenvalue weighted by Gasteiger charge is -2.50. The van der Waals surface area contributed by atoms with E-state index in [1.165, 1.54) is 25.8 Å². The van der Waals surface area contributed by atoms with Gasteiger partial charge in [-0.3, -0.25) is 4.90 Å². The first kappa shape index (κ1) is 16.0. The first-order valence-corrected chi connectivity index (χ1v) is 7.82. The zero-order valence-electron chi connectivity index (χ0n) is 13.4. The Kier molecular flexibility index (Phi) is 5.67. The standard InChI is InChI=1S/C16H34N2/c1-7-13-10-9-12(3)18(11-13)15(14(17)8-2)16(4,5)6/h12-15H,7-11,17H2,1-6H3. The smallest absolute Gasteiger partial charge is 0.0298 e. The van der Waals surface area contributed by atoms with Crippen LogP contribution in [0.1, 0.15) is 67.2 Å². The molecule has 0 bridgehead atoms. The number of nitrogens with two attached hydrogens (primary N) is 1. The monoisotopic (exact) mass is 254 g/mol. The van der Waals surface area contributed by atoms with E-state index in [-0.39, 0.29) is 5.41 Å². The molecular weight excluding hydrogens is 220 g/mol. The minimum Gasteiger partial charge on any atom is -0.326 e. The molecule has 108 valence electrons. The summed E-state index contributed by atoms with van der Waals surface area (Å²) in [5, 5.41) is 0. The fourth-order valence-corrected chi connectivity index (χ4v) is 3.54. The van der Waals surface area contributed by atoms with E-state index in [2.05, 4.69) is 46.4 Å². The summed E-state index contributed by atoms with van der Waals surface area (Å²) in [6.07, 6.45) is 5.11. The van der Waals surface area contributed by atoms with Crippen LogP contribution in [-0.2, 0) is 0 Å². The van der Waals surface area contributed by atoms with Gasteiger partial charge in [0.1, 0.15) is 0 Å². The highest BCUT2D eigenvalue weighted by Crippen LogP contribution is 2.34. The zero-order valence-corrected chi connectivity index (χ0v) is 13.4. The molecule has 18 heavy (non-hydrogen) atoms. The first-order chi connectivity index (χ1) is 8.31. The Labute approximate surface area is 114 Å². The predicted molar refractivity (Wildman–Crippen MR) is 80.7 cm³/mol. The van der Waals surface area contributed by atoms with Crippen LogP contribution in [0.15, 0.2) is 0 Å². The third-order valence-electron chi connectivity index (χ3n) is 4.73. The van der Waals surface area contributed by atoms with E-state index in [4.69, 9.17) is 5.73 Å². The molecule has 0 aliphatic carbocycles. The second-order valence-corrected chi connectivity index (χ2v) is 7.28. The van der Waals surface area contributed by atoms with Gasteiger partial charge >= 0.3 is 0 Å². The van der Waals surface area contributed by atoms with Crippen LogP contribution in [0.3, 0.4) is 0 Å². The predicted octanol–water partition coefficient (Wildman–Crippen LogP) is 3.65. The fraction of sp³-hybridized carbons (Fsp3) is 1.00. The maximum atomic E-state index is 6.44. The number of nitrogens with zero attached hydrogens (tertiary/aromatic N) is 1. The molecule has 0 spiro atoms. The largest absolute Gasteiger partial charge is 0.326 e. The summed E-state index contributed by atoms with van der Waals surface area (Å²) >= 11 is 0. The van der Waals surface area contributed by atoms with E-state index >= 15 is 0 Å². The molecule has 1 fully saturated rings. The van der Waals surface area contributed by atoms with E-state index < -0.39 is 0 Å². The molecule has 0 amide bonds. The van der Waals surface area contributed by atoms with Gasteiger partial charge in [-0.15, -0.1) is 0 Å². The van der Waals surface area contributed by atoms with Crippen molar-refractivity contribution in [2.45, 2.75) is 85.4 Å². The molecule has 2 nitrogen and oxygen atoms in total. The van der Waals surface area contributed by atoms with Gasteiger partial charge in [-0.1, -0.05) is 41.0 Å². The molecule has 1 rings (SSSR count). The lowest BCUT2D eigenvalue weighted by atomic mass is 9.77. The summed E-state index contributed by atoms with van der Waals surface area (Å²) in [5.74, 6) is 0.870. The third-order valence-corrected chi connectivity index (χ3v) is 4.73. The van der Waals surface area contributed by atoms with Gasteiger partial charge in [0.15, 0.2) is 0 Å². The molecule has 4 atom stereocenters. The maximum absolute atomic E-state index is 6.44. The van der Waals surface area contributed by atoms with Crippen molar-refractivity contribution in [2.24, 2.45) is 17.1 Å². The second-order valence-electron chi connectivity index (χ2n) is 7.28. The van der Waals surface area contributed by atoms with Crippen LogP contribution in [0.2, 0.25) is 0 Å². The minimum absolute atomic E-state index is 0.263. The Balaban J connectivity index is 2.89. The van der Waals surface area contributed by atoms with Crippen molar-refractivity contribution >= 4 is 0 Å². The van der Waals surface area contributed by atoms with E-state index in [9.17, 15) is 0 Å². The maximum Gasteiger partial charge on any atom is 0.0298 e. The highest BCUT2D eigenvalue weighted by Gasteiger charge is 2.39. The minimum atomic E-state index is 0.263. The summed E-state index contributed by atoms with van der Waals surface area (Å²) in [4.78, 5) is 2.71. The Morgan fingerprint density at radius 2 is 1.83 bits per heavy atom. The molecule has 1 saturated heterocycles. The average Bonchev–Trinajstić information content (AvgIpc) is 2.30. The molecule has 1 heterocycles. The fourth-order valence-electron chi connectivity index (χ4n) is 3.54. The van der Waals surface area contributed by atoms with E-state index in [0.29, 0.717) is 18.1 Å². The number of hydrogen-bond donors (Lipinski definition) is 1. The van der Waals surface area contributed by atoms with Gasteiger partial charge in [0, 0.05) is 24.7 Å². The Hall–Kier alpha value is -0.0800. The Bertz CT molecular complexity index is 244. The van der Waals surface area contributed by atoms with Crippen LogP contribution in [0, 0.1) is 11.3 Å². The van der Waals surface area contributed by atoms with Crippen molar-refractivity contribution in [1.82, 2.24) is 4.90 Å². The van der Waals surface area contributed by atoms with Gasteiger partial charge < -0.3 is 5.73 Å². The van der Waals surface area contributed by atoms with E-state index in [0.717, 1.165) is 12.3 Å². The highest BCUT2D eigenvalue weighted by molar-refractivity contribution is 4.95. The first-order valence-electron chi connectivity index (χ1n) is 7.82. The topological polar surface area (TPSA) is 29.3 Å². The van der Waals surface area contributed by atoms with Gasteiger partial charge in [-0.25, -0.2) is 0 Å². The van der Waals surface area contributed by atoms with E-state index in [1.807, 2.05) is 0 Å². The van der Waals surface area contributed by atoms with Gasteiger partial charge in [0.05, 0.1) is 0 Å². The molecule has 0 aromatic heterocycles. The SMILES string of the molecule is CCC1CCC(C)N(C(C(N)CC)C(C)(C)C)C1. The molecule has 2 N–H and O–H groups in total. The molecule has 0 radical (unpaired) electrons. The van der Waals surface area contributed by atoms with E-state index in [1.54, 1.807) is 0 Å². The molecule has 1 aliphatic heterocycles. The third kappa shape index (κ3) is 3.71. The number of rotatable bonds is 4. The van der Waals surface area contributed by atoms with Crippen LogP contribution < -0.4 is 5.73 Å². The summed E-state index contributed by atoms with van der Waals surface area (Å²) in [7, 11) is 0. The zero-order chi connectivity index (χ0) is 13.9. The lowest BCUT2D eigenvalue weighted by molar-refractivity contribution is 0.00423.